The van der Waals surface area contributed by atoms with Crippen molar-refractivity contribution >= 4 is 29.2 Å². The fraction of sp³-hybridized carbons (Fsp3) is 0.263. The zero-order chi connectivity index (χ0) is 21.1. The van der Waals surface area contributed by atoms with E-state index in [2.05, 4.69) is 15.5 Å². The van der Waals surface area contributed by atoms with E-state index in [0.29, 0.717) is 28.5 Å². The van der Waals surface area contributed by atoms with Crippen LogP contribution in [0.2, 0.25) is 5.02 Å². The van der Waals surface area contributed by atoms with Gasteiger partial charge in [-0.15, -0.1) is 0 Å². The summed E-state index contributed by atoms with van der Waals surface area (Å²) in [7, 11) is 0. The van der Waals surface area contributed by atoms with E-state index in [9.17, 15) is 14.0 Å². The average molecular weight is 420 g/mol. The van der Waals surface area contributed by atoms with Crippen LogP contribution in [0.25, 0.3) is 0 Å². The third-order valence-corrected chi connectivity index (χ3v) is 4.82. The number of halogens is 2. The highest BCUT2D eigenvalue weighted by Crippen LogP contribution is 2.23. The molecule has 2 heterocycles. The highest BCUT2D eigenvalue weighted by Gasteiger charge is 2.16. The zero-order valence-corrected chi connectivity index (χ0v) is 16.6. The second kappa shape index (κ2) is 8.44. The summed E-state index contributed by atoms with van der Waals surface area (Å²) < 4.78 is 16.2. The van der Waals surface area contributed by atoms with E-state index in [-0.39, 0.29) is 24.6 Å². The summed E-state index contributed by atoms with van der Waals surface area (Å²) in [5, 5.41) is 20.5. The summed E-state index contributed by atoms with van der Waals surface area (Å²) in [5.41, 5.74) is 2.65. The number of aromatic nitrogens is 4. The summed E-state index contributed by atoms with van der Waals surface area (Å²) in [6.07, 6.45) is 1.43. The molecule has 1 aromatic carbocycles. The van der Waals surface area contributed by atoms with Crippen LogP contribution >= 0.6 is 11.6 Å². The molecule has 0 radical (unpaired) electrons. The van der Waals surface area contributed by atoms with Crippen LogP contribution in [-0.2, 0) is 17.9 Å². The van der Waals surface area contributed by atoms with Gasteiger partial charge in [0, 0.05) is 17.6 Å². The first-order valence-electron chi connectivity index (χ1n) is 8.79. The van der Waals surface area contributed by atoms with Gasteiger partial charge in [-0.1, -0.05) is 17.7 Å². The molecule has 0 fully saturated rings. The Hall–Kier alpha value is -3.20. The Morgan fingerprint density at radius 2 is 2.00 bits per heavy atom. The molecule has 3 aromatic rings. The molecular formula is C19H19ClFN5O3. The highest BCUT2D eigenvalue weighted by atomic mass is 35.5. The molecule has 2 N–H and O–H groups in total. The Morgan fingerprint density at radius 1 is 1.24 bits per heavy atom. The lowest BCUT2D eigenvalue weighted by Gasteiger charge is -2.09. The summed E-state index contributed by atoms with van der Waals surface area (Å²) in [4.78, 5) is 23.5. The second-order valence-electron chi connectivity index (χ2n) is 6.48. The number of carboxylic acids is 1. The van der Waals surface area contributed by atoms with Crippen molar-refractivity contribution in [2.45, 2.75) is 33.4 Å². The van der Waals surface area contributed by atoms with Gasteiger partial charge >= 0.3 is 5.97 Å². The van der Waals surface area contributed by atoms with Gasteiger partial charge in [0.1, 0.15) is 11.5 Å². The van der Waals surface area contributed by atoms with Gasteiger partial charge in [-0.05, 0) is 37.6 Å². The number of carbonyl (C=O) groups is 2. The van der Waals surface area contributed by atoms with E-state index < -0.39 is 11.8 Å². The van der Waals surface area contributed by atoms with Crippen LogP contribution in [0.15, 0.2) is 30.5 Å². The van der Waals surface area contributed by atoms with Crippen molar-refractivity contribution in [1.82, 2.24) is 19.6 Å². The first-order chi connectivity index (χ1) is 13.8. The van der Waals surface area contributed by atoms with Crippen LogP contribution in [0.1, 0.15) is 33.9 Å². The van der Waals surface area contributed by atoms with Crippen LogP contribution < -0.4 is 5.32 Å². The summed E-state index contributed by atoms with van der Waals surface area (Å²) in [6, 6.07) is 5.54. The van der Waals surface area contributed by atoms with Crippen molar-refractivity contribution in [3.8, 4) is 0 Å². The number of benzene rings is 1. The Labute approximate surface area is 170 Å². The number of nitrogens with zero attached hydrogens (tertiary/aromatic N) is 4. The Bertz CT molecular complexity index is 1080. The van der Waals surface area contributed by atoms with E-state index in [1.807, 2.05) is 6.92 Å². The van der Waals surface area contributed by atoms with Crippen molar-refractivity contribution < 1.29 is 19.1 Å². The third kappa shape index (κ3) is 4.62. The number of amides is 1. The molecule has 1 amide bonds. The number of hydrogen-bond donors (Lipinski definition) is 2. The molecule has 29 heavy (non-hydrogen) atoms. The largest absolute Gasteiger partial charge is 0.477 e. The summed E-state index contributed by atoms with van der Waals surface area (Å²) in [5.74, 6) is -1.80. The number of rotatable bonds is 7. The quantitative estimate of drug-likeness (QED) is 0.612. The summed E-state index contributed by atoms with van der Waals surface area (Å²) in [6.45, 7) is 4.04. The second-order valence-corrected chi connectivity index (χ2v) is 6.89. The monoisotopic (exact) mass is 419 g/mol. The minimum atomic E-state index is -1.10. The molecule has 0 aliphatic heterocycles. The predicted molar refractivity (Wildman–Crippen MR) is 105 cm³/mol. The SMILES string of the molecule is Cc1nn(Cc2ccc(F)cc2Cl)c(C)c1NC(=O)CCn1nccc1C(=O)O. The maximum atomic E-state index is 13.2. The van der Waals surface area contributed by atoms with Crippen LogP contribution in [0.3, 0.4) is 0 Å². The van der Waals surface area contributed by atoms with Crippen molar-refractivity contribution in [2.75, 3.05) is 5.32 Å². The number of aryl methyl sites for hydroxylation is 2. The molecule has 0 unspecified atom stereocenters. The van der Waals surface area contributed by atoms with Crippen LogP contribution in [0.5, 0.6) is 0 Å². The minimum absolute atomic E-state index is 0.0224. The van der Waals surface area contributed by atoms with E-state index >= 15 is 0 Å². The van der Waals surface area contributed by atoms with Crippen molar-refractivity contribution in [2.24, 2.45) is 0 Å². The van der Waals surface area contributed by atoms with Crippen molar-refractivity contribution in [3.63, 3.8) is 0 Å². The molecule has 0 aliphatic carbocycles. The standard InChI is InChI=1S/C19H19ClFN5O3/c1-11-18(23-17(27)6-8-25-16(19(28)29)5-7-22-25)12(2)26(24-11)10-13-3-4-14(21)9-15(13)20/h3-5,7,9H,6,8,10H2,1-2H3,(H,23,27)(H,28,29). The molecule has 10 heteroatoms. The van der Waals surface area contributed by atoms with Crippen LogP contribution in [0.4, 0.5) is 10.1 Å². The molecule has 3 rings (SSSR count). The van der Waals surface area contributed by atoms with Gasteiger partial charge in [0.2, 0.25) is 5.91 Å². The van der Waals surface area contributed by atoms with Gasteiger partial charge in [0.15, 0.2) is 0 Å². The van der Waals surface area contributed by atoms with Gasteiger partial charge in [0.25, 0.3) is 0 Å². The first kappa shape index (κ1) is 20.5. The van der Waals surface area contributed by atoms with E-state index in [0.717, 1.165) is 5.69 Å². The molecular weight excluding hydrogens is 401 g/mol. The molecule has 0 bridgehead atoms. The third-order valence-electron chi connectivity index (χ3n) is 4.47. The van der Waals surface area contributed by atoms with E-state index in [4.69, 9.17) is 16.7 Å². The van der Waals surface area contributed by atoms with Crippen molar-refractivity contribution in [3.05, 3.63) is 63.9 Å². The average Bonchev–Trinajstić information content (AvgIpc) is 3.23. The minimum Gasteiger partial charge on any atom is -0.477 e. The van der Waals surface area contributed by atoms with Crippen LogP contribution in [0, 0.1) is 19.7 Å². The lowest BCUT2D eigenvalue weighted by molar-refractivity contribution is -0.116. The smallest absolute Gasteiger partial charge is 0.354 e. The normalized spacial score (nSPS) is 10.9. The fourth-order valence-corrected chi connectivity index (χ4v) is 3.17. The Morgan fingerprint density at radius 3 is 2.69 bits per heavy atom. The molecule has 152 valence electrons. The molecule has 0 atom stereocenters. The number of carboxylic acid groups (broad SMARTS) is 1. The number of carbonyl (C=O) groups excluding carboxylic acids is 1. The van der Waals surface area contributed by atoms with Gasteiger partial charge in [-0.2, -0.15) is 10.2 Å². The summed E-state index contributed by atoms with van der Waals surface area (Å²) >= 11 is 6.09. The fourth-order valence-electron chi connectivity index (χ4n) is 2.94. The van der Waals surface area contributed by atoms with E-state index in [1.54, 1.807) is 17.7 Å². The topological polar surface area (TPSA) is 102 Å². The first-order valence-corrected chi connectivity index (χ1v) is 9.17. The van der Waals surface area contributed by atoms with Crippen molar-refractivity contribution in [1.29, 1.82) is 0 Å². The Balaban J connectivity index is 1.69. The molecule has 2 aromatic heterocycles. The number of aromatic carboxylic acids is 1. The molecule has 0 spiro atoms. The van der Waals surface area contributed by atoms with Gasteiger partial charge in [0.05, 0.1) is 30.2 Å². The number of nitrogens with one attached hydrogen (secondary N) is 1. The van der Waals surface area contributed by atoms with Crippen LogP contribution in [-0.4, -0.2) is 36.5 Å². The number of hydrogen-bond acceptors (Lipinski definition) is 4. The molecule has 8 nitrogen and oxygen atoms in total. The Kier molecular flexibility index (Phi) is 5.97. The molecule has 0 aliphatic rings. The van der Waals surface area contributed by atoms with Gasteiger partial charge in [-0.3, -0.25) is 14.2 Å². The van der Waals surface area contributed by atoms with Gasteiger partial charge < -0.3 is 10.4 Å². The maximum Gasteiger partial charge on any atom is 0.354 e. The van der Waals surface area contributed by atoms with Gasteiger partial charge in [-0.25, -0.2) is 9.18 Å². The molecule has 0 saturated heterocycles. The van der Waals surface area contributed by atoms with E-state index in [1.165, 1.54) is 29.1 Å². The lowest BCUT2D eigenvalue weighted by Crippen LogP contribution is -2.18. The maximum absolute atomic E-state index is 13.2. The zero-order valence-electron chi connectivity index (χ0n) is 15.8. The molecule has 0 saturated carbocycles. The predicted octanol–water partition coefficient (Wildman–Crippen LogP) is 3.26. The lowest BCUT2D eigenvalue weighted by atomic mass is 10.2. The highest BCUT2D eigenvalue weighted by molar-refractivity contribution is 6.31. The number of anilines is 1.